The van der Waals surface area contributed by atoms with E-state index >= 15 is 0 Å². The first-order valence-electron chi connectivity index (χ1n) is 7.06. The quantitative estimate of drug-likeness (QED) is 0.825. The van der Waals surface area contributed by atoms with Gasteiger partial charge in [-0.15, -0.1) is 0 Å². The van der Waals surface area contributed by atoms with E-state index < -0.39 is 0 Å². The molecule has 2 aliphatic rings. The fourth-order valence-corrected chi connectivity index (χ4v) is 2.68. The first-order chi connectivity index (χ1) is 9.36. The second-order valence-corrected chi connectivity index (χ2v) is 5.27. The Hall–Kier alpha value is -1.33. The van der Waals surface area contributed by atoms with Gasteiger partial charge in [-0.2, -0.15) is 4.98 Å². The van der Waals surface area contributed by atoms with Crippen LogP contribution in [-0.4, -0.2) is 42.9 Å². The van der Waals surface area contributed by atoms with E-state index in [2.05, 4.69) is 27.3 Å². The number of hydrogen-bond donors (Lipinski definition) is 2. The molecule has 0 saturated carbocycles. The van der Waals surface area contributed by atoms with Crippen LogP contribution in [0, 0.1) is 5.92 Å². The van der Waals surface area contributed by atoms with E-state index in [9.17, 15) is 5.11 Å². The molecule has 0 amide bonds. The minimum absolute atomic E-state index is 0.306. The van der Waals surface area contributed by atoms with Gasteiger partial charge in [-0.1, -0.05) is 0 Å². The molecule has 3 heterocycles. The third kappa shape index (κ3) is 2.82. The van der Waals surface area contributed by atoms with E-state index in [-0.39, 0.29) is 0 Å². The van der Waals surface area contributed by atoms with Crippen molar-refractivity contribution >= 4 is 5.82 Å². The zero-order valence-electron chi connectivity index (χ0n) is 11.1. The number of ether oxygens (including phenoxy) is 1. The summed E-state index contributed by atoms with van der Waals surface area (Å²) in [6, 6.07) is 4.18. The lowest BCUT2D eigenvalue weighted by Gasteiger charge is -2.32. The van der Waals surface area contributed by atoms with Crippen molar-refractivity contribution in [3.8, 4) is 5.88 Å². The predicted octanol–water partition coefficient (Wildman–Crippen LogP) is 0.772. The van der Waals surface area contributed by atoms with Gasteiger partial charge < -0.3 is 20.1 Å². The molecule has 19 heavy (non-hydrogen) atoms. The summed E-state index contributed by atoms with van der Waals surface area (Å²) in [5.41, 5.74) is 1.13. The maximum atomic E-state index is 9.18. The molecule has 0 aromatic carbocycles. The number of rotatable bonds is 2. The van der Waals surface area contributed by atoms with Gasteiger partial charge in [0, 0.05) is 38.3 Å². The number of pyridine rings is 1. The Kier molecular flexibility index (Phi) is 3.84. The number of aliphatic hydroxyl groups is 1. The highest BCUT2D eigenvalue weighted by Gasteiger charge is 2.20. The molecule has 0 bridgehead atoms. The summed E-state index contributed by atoms with van der Waals surface area (Å²) in [4.78, 5) is 6.93. The van der Waals surface area contributed by atoms with Gasteiger partial charge in [0.15, 0.2) is 0 Å². The Morgan fingerprint density at radius 2 is 2.21 bits per heavy atom. The number of piperidine rings is 1. The predicted molar refractivity (Wildman–Crippen MR) is 73.5 cm³/mol. The average molecular weight is 263 g/mol. The van der Waals surface area contributed by atoms with Crippen molar-refractivity contribution in [2.75, 3.05) is 37.7 Å². The molecule has 0 radical (unpaired) electrons. The van der Waals surface area contributed by atoms with Crippen LogP contribution in [0.15, 0.2) is 12.1 Å². The second-order valence-electron chi connectivity index (χ2n) is 5.27. The zero-order valence-corrected chi connectivity index (χ0v) is 11.1. The molecule has 104 valence electrons. The molecule has 3 rings (SSSR count). The Balaban J connectivity index is 1.73. The van der Waals surface area contributed by atoms with E-state index in [0.29, 0.717) is 19.1 Å². The maximum Gasteiger partial charge on any atom is 0.219 e. The van der Waals surface area contributed by atoms with E-state index in [0.717, 1.165) is 56.3 Å². The van der Waals surface area contributed by atoms with Crippen molar-refractivity contribution in [3.63, 3.8) is 0 Å². The van der Waals surface area contributed by atoms with Crippen LogP contribution < -0.4 is 15.0 Å². The van der Waals surface area contributed by atoms with Gasteiger partial charge in [0.2, 0.25) is 5.88 Å². The van der Waals surface area contributed by atoms with Crippen LogP contribution >= 0.6 is 0 Å². The van der Waals surface area contributed by atoms with Gasteiger partial charge in [-0.25, -0.2) is 0 Å². The number of nitrogens with one attached hydrogen (secondary N) is 1. The van der Waals surface area contributed by atoms with Crippen molar-refractivity contribution in [3.05, 3.63) is 17.7 Å². The van der Waals surface area contributed by atoms with Crippen LogP contribution in [-0.2, 0) is 6.54 Å². The smallest absolute Gasteiger partial charge is 0.219 e. The number of anilines is 1. The third-order valence-electron chi connectivity index (χ3n) is 3.95. The lowest BCUT2D eigenvalue weighted by atomic mass is 9.98. The summed E-state index contributed by atoms with van der Waals surface area (Å²) in [5.74, 6) is 2.22. The minimum atomic E-state index is 0.306. The molecule has 1 saturated heterocycles. The van der Waals surface area contributed by atoms with Crippen molar-refractivity contribution in [2.24, 2.45) is 5.92 Å². The molecule has 0 spiro atoms. The Labute approximate surface area is 113 Å². The second kappa shape index (κ2) is 5.75. The number of fused-ring (bicyclic) bond motifs is 1. The van der Waals surface area contributed by atoms with Gasteiger partial charge in [0.05, 0.1) is 0 Å². The highest BCUT2D eigenvalue weighted by atomic mass is 16.5. The summed E-state index contributed by atoms with van der Waals surface area (Å²) in [6.45, 7) is 4.61. The van der Waals surface area contributed by atoms with Crippen LogP contribution in [0.25, 0.3) is 0 Å². The fourth-order valence-electron chi connectivity index (χ4n) is 2.68. The van der Waals surface area contributed by atoms with Gasteiger partial charge in [-0.05, 0) is 30.9 Å². The van der Waals surface area contributed by atoms with E-state index in [1.54, 1.807) is 0 Å². The molecule has 0 unspecified atom stereocenters. The number of aromatic nitrogens is 1. The zero-order chi connectivity index (χ0) is 13.1. The van der Waals surface area contributed by atoms with Gasteiger partial charge in [-0.3, -0.25) is 0 Å². The van der Waals surface area contributed by atoms with Crippen LogP contribution in [0.2, 0.25) is 0 Å². The van der Waals surface area contributed by atoms with Gasteiger partial charge in [0.25, 0.3) is 0 Å². The van der Waals surface area contributed by atoms with Gasteiger partial charge >= 0.3 is 0 Å². The number of hydrogen-bond acceptors (Lipinski definition) is 5. The minimum Gasteiger partial charge on any atom is -0.476 e. The Bertz CT molecular complexity index is 431. The molecule has 5 nitrogen and oxygen atoms in total. The molecule has 5 heteroatoms. The fraction of sp³-hybridized carbons (Fsp3) is 0.643. The lowest BCUT2D eigenvalue weighted by Crippen LogP contribution is -2.35. The molecule has 1 aromatic heterocycles. The molecule has 1 fully saturated rings. The highest BCUT2D eigenvalue weighted by molar-refractivity contribution is 5.44. The number of nitrogens with zero attached hydrogens (tertiary/aromatic N) is 2. The average Bonchev–Trinajstić information content (AvgIpc) is 2.72. The summed E-state index contributed by atoms with van der Waals surface area (Å²) < 4.78 is 5.68. The lowest BCUT2D eigenvalue weighted by molar-refractivity contribution is 0.202. The number of aliphatic hydroxyl groups excluding tert-OH is 1. The molecule has 1 aromatic rings. The van der Waals surface area contributed by atoms with E-state index in [1.807, 2.05) is 0 Å². The van der Waals surface area contributed by atoms with Crippen molar-refractivity contribution in [1.82, 2.24) is 10.3 Å². The SMILES string of the molecule is OCC1CCN(c2ccc3c(n2)OCCNC3)CC1. The van der Waals surface area contributed by atoms with Crippen LogP contribution in [0.1, 0.15) is 18.4 Å². The summed E-state index contributed by atoms with van der Waals surface area (Å²) in [7, 11) is 0. The Morgan fingerprint density at radius 1 is 1.37 bits per heavy atom. The monoisotopic (exact) mass is 263 g/mol. The molecule has 0 atom stereocenters. The van der Waals surface area contributed by atoms with Gasteiger partial charge in [0.1, 0.15) is 12.4 Å². The molecule has 0 aliphatic carbocycles. The molecule has 2 N–H and O–H groups in total. The van der Waals surface area contributed by atoms with Crippen LogP contribution in [0.3, 0.4) is 0 Å². The first-order valence-corrected chi connectivity index (χ1v) is 7.06. The van der Waals surface area contributed by atoms with Crippen LogP contribution in [0.5, 0.6) is 5.88 Å². The summed E-state index contributed by atoms with van der Waals surface area (Å²) >= 11 is 0. The van der Waals surface area contributed by atoms with Crippen molar-refractivity contribution in [2.45, 2.75) is 19.4 Å². The van der Waals surface area contributed by atoms with Crippen molar-refractivity contribution < 1.29 is 9.84 Å². The standard InChI is InChI=1S/C14H21N3O2/c18-10-11-3-6-17(7-4-11)13-2-1-12-9-15-5-8-19-14(12)16-13/h1-2,11,15,18H,3-10H2. The first kappa shape index (κ1) is 12.7. The normalized spacial score (nSPS) is 20.6. The van der Waals surface area contributed by atoms with Crippen LogP contribution in [0.4, 0.5) is 5.82 Å². The van der Waals surface area contributed by atoms with E-state index in [1.165, 1.54) is 0 Å². The maximum absolute atomic E-state index is 9.18. The Morgan fingerprint density at radius 3 is 3.00 bits per heavy atom. The van der Waals surface area contributed by atoms with Crippen molar-refractivity contribution in [1.29, 1.82) is 0 Å². The van der Waals surface area contributed by atoms with E-state index in [4.69, 9.17) is 4.74 Å². The summed E-state index contributed by atoms with van der Waals surface area (Å²) in [5, 5.41) is 12.5. The summed E-state index contributed by atoms with van der Waals surface area (Å²) in [6.07, 6.45) is 2.08. The largest absolute Gasteiger partial charge is 0.476 e. The molecule has 2 aliphatic heterocycles. The molecular formula is C14H21N3O2. The third-order valence-corrected chi connectivity index (χ3v) is 3.95. The molecular weight excluding hydrogens is 242 g/mol. The topological polar surface area (TPSA) is 57.6 Å². The highest BCUT2D eigenvalue weighted by Crippen LogP contribution is 2.26.